The van der Waals surface area contributed by atoms with Gasteiger partial charge in [0, 0.05) is 0 Å². The summed E-state index contributed by atoms with van der Waals surface area (Å²) in [5, 5.41) is 0. The minimum atomic E-state index is -0.323. The lowest BCUT2D eigenvalue weighted by Gasteiger charge is -2.09. The Morgan fingerprint density at radius 1 is 1.15 bits per heavy atom. The van der Waals surface area contributed by atoms with Crippen molar-refractivity contribution in [2.45, 2.75) is 46.8 Å². The van der Waals surface area contributed by atoms with Crippen molar-refractivity contribution >= 4 is 5.97 Å². The number of carbonyl (C=O) groups is 1. The molecule has 0 amide bonds. The van der Waals surface area contributed by atoms with Gasteiger partial charge in [-0.1, -0.05) is 0 Å². The van der Waals surface area contributed by atoms with E-state index in [0.717, 1.165) is 0 Å². The van der Waals surface area contributed by atoms with Gasteiger partial charge in [-0.05, 0) is 34.6 Å². The van der Waals surface area contributed by atoms with Crippen molar-refractivity contribution in [2.75, 3.05) is 0 Å². The first-order valence-electron chi connectivity index (χ1n) is 4.46. The zero-order valence-electron chi connectivity index (χ0n) is 8.96. The molecule has 76 valence electrons. The molecule has 3 heteroatoms. The van der Waals surface area contributed by atoms with Crippen LogP contribution in [-0.2, 0) is 14.3 Å². The van der Waals surface area contributed by atoms with Crippen LogP contribution in [0.1, 0.15) is 34.6 Å². The van der Waals surface area contributed by atoms with Crippen molar-refractivity contribution in [2.24, 2.45) is 0 Å². The molecule has 0 spiro atoms. The summed E-state index contributed by atoms with van der Waals surface area (Å²) < 4.78 is 10.1. The van der Waals surface area contributed by atoms with Crippen LogP contribution in [0.5, 0.6) is 0 Å². The van der Waals surface area contributed by atoms with E-state index in [-0.39, 0.29) is 18.2 Å². The highest BCUT2D eigenvalue weighted by molar-refractivity contribution is 5.87. The summed E-state index contributed by atoms with van der Waals surface area (Å²) in [6.45, 7) is 9.10. The van der Waals surface area contributed by atoms with E-state index >= 15 is 0 Å². The minimum Gasteiger partial charge on any atom is -0.498 e. The molecule has 0 rings (SSSR count). The summed E-state index contributed by atoms with van der Waals surface area (Å²) in [5.41, 5.74) is 0.488. The van der Waals surface area contributed by atoms with Crippen LogP contribution in [-0.4, -0.2) is 18.2 Å². The lowest BCUT2D eigenvalue weighted by molar-refractivity contribution is -0.142. The van der Waals surface area contributed by atoms with Crippen LogP contribution in [0.4, 0.5) is 0 Å². The summed E-state index contributed by atoms with van der Waals surface area (Å²) in [7, 11) is 0. The molecule has 0 fully saturated rings. The van der Waals surface area contributed by atoms with Crippen molar-refractivity contribution in [3.05, 3.63) is 11.8 Å². The molecule has 0 bridgehead atoms. The standard InChI is InChI=1S/C10H18O3/c1-7(2)12-6-9(5)10(11)13-8(3)4/h6-8H,1-5H3. The van der Waals surface area contributed by atoms with E-state index < -0.39 is 0 Å². The smallest absolute Gasteiger partial charge is 0.337 e. The summed E-state index contributed by atoms with van der Waals surface area (Å²) >= 11 is 0. The lowest BCUT2D eigenvalue weighted by Crippen LogP contribution is -2.12. The summed E-state index contributed by atoms with van der Waals surface area (Å²) in [4.78, 5) is 11.2. The number of ether oxygens (including phenoxy) is 2. The third-order valence-electron chi connectivity index (χ3n) is 1.18. The molecular formula is C10H18O3. The van der Waals surface area contributed by atoms with Crippen LogP contribution in [0.2, 0.25) is 0 Å². The average Bonchev–Trinajstić information content (AvgIpc) is 1.98. The Bertz CT molecular complexity index is 192. The SMILES string of the molecule is CC(=COC(C)C)C(=O)OC(C)C. The van der Waals surface area contributed by atoms with Crippen LogP contribution in [0.15, 0.2) is 11.8 Å². The van der Waals surface area contributed by atoms with Gasteiger partial charge in [0.05, 0.1) is 24.0 Å². The van der Waals surface area contributed by atoms with Crippen molar-refractivity contribution in [1.29, 1.82) is 0 Å². The van der Waals surface area contributed by atoms with Gasteiger partial charge in [-0.2, -0.15) is 0 Å². The molecule has 0 heterocycles. The molecule has 0 aliphatic heterocycles. The molecule has 0 aliphatic rings. The van der Waals surface area contributed by atoms with Gasteiger partial charge >= 0.3 is 5.97 Å². The topological polar surface area (TPSA) is 35.5 Å². The van der Waals surface area contributed by atoms with E-state index in [2.05, 4.69) is 0 Å². The Kier molecular flexibility index (Phi) is 5.19. The van der Waals surface area contributed by atoms with E-state index in [1.165, 1.54) is 6.26 Å². The molecule has 0 aromatic carbocycles. The third kappa shape index (κ3) is 6.20. The van der Waals surface area contributed by atoms with Gasteiger partial charge in [-0.3, -0.25) is 0 Å². The number of rotatable bonds is 4. The van der Waals surface area contributed by atoms with E-state index in [0.29, 0.717) is 5.57 Å². The second-order valence-electron chi connectivity index (χ2n) is 3.44. The molecular weight excluding hydrogens is 168 g/mol. The van der Waals surface area contributed by atoms with E-state index in [9.17, 15) is 4.79 Å². The second-order valence-corrected chi connectivity index (χ2v) is 3.44. The molecule has 3 nitrogen and oxygen atoms in total. The first kappa shape index (κ1) is 12.0. The molecule has 0 N–H and O–H groups in total. The van der Waals surface area contributed by atoms with Gasteiger partial charge in [0.1, 0.15) is 0 Å². The Hall–Kier alpha value is -0.990. The van der Waals surface area contributed by atoms with Crippen LogP contribution < -0.4 is 0 Å². The van der Waals surface area contributed by atoms with Gasteiger partial charge in [-0.15, -0.1) is 0 Å². The van der Waals surface area contributed by atoms with Gasteiger partial charge in [0.15, 0.2) is 0 Å². The zero-order chi connectivity index (χ0) is 10.4. The minimum absolute atomic E-state index is 0.0850. The predicted molar refractivity (Wildman–Crippen MR) is 51.2 cm³/mol. The molecule has 0 saturated carbocycles. The van der Waals surface area contributed by atoms with Crippen LogP contribution in [0.25, 0.3) is 0 Å². The summed E-state index contributed by atoms with van der Waals surface area (Å²) in [6.07, 6.45) is 1.44. The van der Waals surface area contributed by atoms with E-state index in [1.54, 1.807) is 6.92 Å². The number of carbonyl (C=O) groups excluding carboxylic acids is 1. The fourth-order valence-electron chi connectivity index (χ4n) is 0.593. The highest BCUT2D eigenvalue weighted by Gasteiger charge is 2.07. The summed E-state index contributed by atoms with van der Waals surface area (Å²) in [6, 6.07) is 0. The lowest BCUT2D eigenvalue weighted by atomic mass is 10.3. The molecule has 13 heavy (non-hydrogen) atoms. The first-order chi connectivity index (χ1) is 5.93. The molecule has 0 unspecified atom stereocenters. The second kappa shape index (κ2) is 5.62. The van der Waals surface area contributed by atoms with Crippen molar-refractivity contribution < 1.29 is 14.3 Å². The molecule has 0 saturated heterocycles. The van der Waals surface area contributed by atoms with Gasteiger partial charge in [-0.25, -0.2) is 4.79 Å². The maximum Gasteiger partial charge on any atom is 0.337 e. The highest BCUT2D eigenvalue weighted by atomic mass is 16.5. The maximum absolute atomic E-state index is 11.2. The monoisotopic (exact) mass is 186 g/mol. The van der Waals surface area contributed by atoms with Gasteiger partial charge in [0.2, 0.25) is 0 Å². The van der Waals surface area contributed by atoms with Crippen LogP contribution in [0, 0.1) is 0 Å². The molecule has 0 aromatic rings. The Morgan fingerprint density at radius 2 is 1.69 bits per heavy atom. The normalized spacial score (nSPS) is 12.1. The number of hydrogen-bond donors (Lipinski definition) is 0. The summed E-state index contributed by atoms with van der Waals surface area (Å²) in [5.74, 6) is -0.323. The highest BCUT2D eigenvalue weighted by Crippen LogP contribution is 2.01. The fraction of sp³-hybridized carbons (Fsp3) is 0.700. The molecule has 0 radical (unpaired) electrons. The van der Waals surface area contributed by atoms with E-state index in [1.807, 2.05) is 27.7 Å². The van der Waals surface area contributed by atoms with Crippen LogP contribution in [0.3, 0.4) is 0 Å². The van der Waals surface area contributed by atoms with Crippen molar-refractivity contribution in [3.8, 4) is 0 Å². The van der Waals surface area contributed by atoms with Gasteiger partial charge < -0.3 is 9.47 Å². The largest absolute Gasteiger partial charge is 0.498 e. The van der Waals surface area contributed by atoms with Crippen molar-refractivity contribution in [1.82, 2.24) is 0 Å². The molecule has 0 atom stereocenters. The number of esters is 1. The Balaban J connectivity index is 4.01. The third-order valence-corrected chi connectivity index (χ3v) is 1.18. The quantitative estimate of drug-likeness (QED) is 0.384. The van der Waals surface area contributed by atoms with Gasteiger partial charge in [0.25, 0.3) is 0 Å². The average molecular weight is 186 g/mol. The van der Waals surface area contributed by atoms with E-state index in [4.69, 9.17) is 9.47 Å². The maximum atomic E-state index is 11.2. The van der Waals surface area contributed by atoms with Crippen molar-refractivity contribution in [3.63, 3.8) is 0 Å². The predicted octanol–water partition coefficient (Wildman–Crippen LogP) is 2.27. The molecule has 0 aliphatic carbocycles. The molecule has 0 aromatic heterocycles. The Morgan fingerprint density at radius 3 is 2.08 bits per heavy atom. The Labute approximate surface area is 79.7 Å². The van der Waals surface area contributed by atoms with Crippen LogP contribution >= 0.6 is 0 Å². The number of hydrogen-bond acceptors (Lipinski definition) is 3. The first-order valence-corrected chi connectivity index (χ1v) is 4.46. The fourth-order valence-corrected chi connectivity index (χ4v) is 0.593. The zero-order valence-corrected chi connectivity index (χ0v) is 8.96.